The third-order valence-corrected chi connectivity index (χ3v) is 4.19. The van der Waals surface area contributed by atoms with E-state index in [9.17, 15) is 17.1 Å². The predicted molar refractivity (Wildman–Crippen MR) is 91.8 cm³/mol. The van der Waals surface area contributed by atoms with Crippen LogP contribution in [0.25, 0.3) is 0 Å². The highest BCUT2D eigenvalue weighted by Crippen LogP contribution is 2.32. The Morgan fingerprint density at radius 2 is 2.08 bits per heavy atom. The number of carbonyl (C=O) groups is 1. The Kier molecular flexibility index (Phi) is 4.82. The molecule has 0 radical (unpaired) electrons. The van der Waals surface area contributed by atoms with Crippen LogP contribution >= 0.6 is 0 Å². The first-order chi connectivity index (χ1) is 12.4. The molecule has 26 heavy (non-hydrogen) atoms. The Bertz CT molecular complexity index is 997. The third kappa shape index (κ3) is 4.13. The van der Waals surface area contributed by atoms with Gasteiger partial charge in [-0.15, -0.1) is 6.42 Å². The van der Waals surface area contributed by atoms with E-state index in [2.05, 4.69) is 15.4 Å². The van der Waals surface area contributed by atoms with E-state index in [1.807, 2.05) is 24.3 Å². The van der Waals surface area contributed by atoms with E-state index in [4.69, 9.17) is 11.2 Å². The summed E-state index contributed by atoms with van der Waals surface area (Å²) in [6, 6.07) is 10.7. The molecule has 0 spiro atoms. The number of benzene rings is 2. The molecule has 0 aliphatic carbocycles. The summed E-state index contributed by atoms with van der Waals surface area (Å²) in [5.41, 5.74) is 1.08. The van der Waals surface area contributed by atoms with Crippen molar-refractivity contribution in [1.29, 1.82) is 0 Å². The zero-order valence-corrected chi connectivity index (χ0v) is 14.3. The van der Waals surface area contributed by atoms with Crippen LogP contribution in [-0.2, 0) is 10.5 Å². The van der Waals surface area contributed by atoms with E-state index in [1.54, 1.807) is 0 Å². The largest absolute Gasteiger partial charge is 0.493 e. The fourth-order valence-corrected chi connectivity index (χ4v) is 3.04. The van der Waals surface area contributed by atoms with Crippen molar-refractivity contribution in [2.24, 2.45) is 0 Å². The maximum Gasteiger partial charge on any atom is 0.488 e. The van der Waals surface area contributed by atoms with Gasteiger partial charge >= 0.3 is 10.5 Å². The van der Waals surface area contributed by atoms with Gasteiger partial charge in [0.05, 0.1) is 12.6 Å². The van der Waals surface area contributed by atoms with Crippen LogP contribution in [0.5, 0.6) is 11.5 Å². The monoisotopic (exact) mass is 375 g/mol. The predicted octanol–water partition coefficient (Wildman–Crippen LogP) is 2.51. The molecule has 0 bridgehead atoms. The lowest BCUT2D eigenvalue weighted by Gasteiger charge is -2.26. The Hall–Kier alpha value is -3.05. The van der Waals surface area contributed by atoms with Gasteiger partial charge in [0, 0.05) is 23.1 Å². The number of fused-ring (bicyclic) bond motifs is 1. The SMILES string of the molecule is C#Cc1cc(OS(=O)(=O)F)cc(C(=O)NC2CCOc3ccccc32)c1. The molecular weight excluding hydrogens is 361 g/mol. The van der Waals surface area contributed by atoms with E-state index < -0.39 is 16.4 Å². The zero-order chi connectivity index (χ0) is 18.7. The summed E-state index contributed by atoms with van der Waals surface area (Å²) in [6.45, 7) is 0.445. The number of halogens is 1. The van der Waals surface area contributed by atoms with Gasteiger partial charge in [-0.1, -0.05) is 28.0 Å². The number of ether oxygens (including phenoxy) is 1. The Morgan fingerprint density at radius 1 is 1.31 bits per heavy atom. The Labute approximate surface area is 150 Å². The van der Waals surface area contributed by atoms with Crippen molar-refractivity contribution >= 4 is 16.4 Å². The first-order valence-corrected chi connectivity index (χ1v) is 8.95. The lowest BCUT2D eigenvalue weighted by atomic mass is 10.00. The molecule has 1 atom stereocenters. The highest BCUT2D eigenvalue weighted by atomic mass is 32.3. The molecule has 3 rings (SSSR count). The van der Waals surface area contributed by atoms with Gasteiger partial charge < -0.3 is 14.2 Å². The molecule has 0 aromatic heterocycles. The molecular formula is C18H14FNO5S. The van der Waals surface area contributed by atoms with Crippen molar-refractivity contribution in [3.8, 4) is 23.8 Å². The van der Waals surface area contributed by atoms with Gasteiger partial charge in [0.1, 0.15) is 11.5 Å². The summed E-state index contributed by atoms with van der Waals surface area (Å²) in [5, 5.41) is 2.85. The summed E-state index contributed by atoms with van der Waals surface area (Å²) in [4.78, 5) is 12.6. The molecule has 0 saturated carbocycles. The van der Waals surface area contributed by atoms with E-state index >= 15 is 0 Å². The smallest absolute Gasteiger partial charge is 0.488 e. The number of hydrogen-bond acceptors (Lipinski definition) is 5. The molecule has 134 valence electrons. The van der Waals surface area contributed by atoms with Crippen LogP contribution in [0.15, 0.2) is 42.5 Å². The quantitative estimate of drug-likeness (QED) is 0.656. The molecule has 1 unspecified atom stereocenters. The topological polar surface area (TPSA) is 81.7 Å². The molecule has 1 aliphatic rings. The first kappa shape index (κ1) is 17.8. The minimum absolute atomic E-state index is 0.0584. The zero-order valence-electron chi connectivity index (χ0n) is 13.4. The Morgan fingerprint density at radius 3 is 2.81 bits per heavy atom. The van der Waals surface area contributed by atoms with Gasteiger partial charge in [0.15, 0.2) is 0 Å². The average molecular weight is 375 g/mol. The van der Waals surface area contributed by atoms with Gasteiger partial charge in [0.2, 0.25) is 0 Å². The molecule has 6 nitrogen and oxygen atoms in total. The standard InChI is InChI=1S/C18H14FNO5S/c1-2-12-9-13(11-14(10-12)25-26(19,22)23)18(21)20-16-7-8-24-17-6-4-3-5-15(16)17/h1,3-6,9-11,16H,7-8H2,(H,20,21). The number of amides is 1. The summed E-state index contributed by atoms with van der Waals surface area (Å²) >= 11 is 0. The molecule has 8 heteroatoms. The van der Waals surface area contributed by atoms with Crippen LogP contribution < -0.4 is 14.2 Å². The fraction of sp³-hybridized carbons (Fsp3) is 0.167. The van der Waals surface area contributed by atoms with Gasteiger partial charge in [0.25, 0.3) is 5.91 Å². The van der Waals surface area contributed by atoms with E-state index in [1.165, 1.54) is 6.07 Å². The van der Waals surface area contributed by atoms with Crippen LogP contribution in [0.3, 0.4) is 0 Å². The van der Waals surface area contributed by atoms with Gasteiger partial charge in [-0.05, 0) is 24.3 Å². The highest BCUT2D eigenvalue weighted by molar-refractivity contribution is 7.81. The van der Waals surface area contributed by atoms with E-state index in [0.29, 0.717) is 18.8 Å². The second kappa shape index (κ2) is 7.06. The molecule has 0 saturated heterocycles. The number of nitrogens with one attached hydrogen (secondary N) is 1. The summed E-state index contributed by atoms with van der Waals surface area (Å²) in [7, 11) is -5.23. The van der Waals surface area contributed by atoms with Crippen molar-refractivity contribution in [3.05, 3.63) is 59.2 Å². The molecule has 1 heterocycles. The normalized spacial score (nSPS) is 15.9. The van der Waals surface area contributed by atoms with Crippen LogP contribution in [0.4, 0.5) is 3.89 Å². The summed E-state index contributed by atoms with van der Waals surface area (Å²) in [6.07, 6.45) is 5.87. The van der Waals surface area contributed by atoms with E-state index in [-0.39, 0.29) is 22.9 Å². The van der Waals surface area contributed by atoms with Gasteiger partial charge in [-0.2, -0.15) is 8.42 Å². The molecule has 0 fully saturated rings. The second-order valence-corrected chi connectivity index (χ2v) is 6.52. The molecule has 1 aliphatic heterocycles. The molecule has 2 aromatic carbocycles. The number of carbonyl (C=O) groups excluding carboxylic acids is 1. The van der Waals surface area contributed by atoms with Crippen molar-refractivity contribution in [3.63, 3.8) is 0 Å². The summed E-state index contributed by atoms with van der Waals surface area (Å²) in [5.74, 6) is 2.09. The maximum absolute atomic E-state index is 12.8. The third-order valence-electron chi connectivity index (χ3n) is 3.79. The maximum atomic E-state index is 12.8. The van der Waals surface area contributed by atoms with Crippen LogP contribution in [0, 0.1) is 12.3 Å². The number of hydrogen-bond donors (Lipinski definition) is 1. The molecule has 2 aromatic rings. The average Bonchev–Trinajstić information content (AvgIpc) is 2.60. The van der Waals surface area contributed by atoms with Crippen LogP contribution in [0.1, 0.15) is 33.9 Å². The van der Waals surface area contributed by atoms with Crippen LogP contribution in [-0.4, -0.2) is 20.9 Å². The van der Waals surface area contributed by atoms with Crippen molar-refractivity contribution in [2.75, 3.05) is 6.61 Å². The Balaban J connectivity index is 1.87. The lowest BCUT2D eigenvalue weighted by Crippen LogP contribution is -2.32. The molecule has 1 amide bonds. The van der Waals surface area contributed by atoms with Crippen LogP contribution in [0.2, 0.25) is 0 Å². The fourth-order valence-electron chi connectivity index (χ4n) is 2.71. The number of rotatable bonds is 4. The van der Waals surface area contributed by atoms with E-state index in [0.717, 1.165) is 17.7 Å². The summed E-state index contributed by atoms with van der Waals surface area (Å²) < 4.78 is 43.9. The molecule has 1 N–H and O–H groups in total. The number of terminal acetylenes is 1. The second-order valence-electron chi connectivity index (χ2n) is 5.57. The highest BCUT2D eigenvalue weighted by Gasteiger charge is 2.23. The van der Waals surface area contributed by atoms with Crippen molar-refractivity contribution in [2.45, 2.75) is 12.5 Å². The minimum atomic E-state index is -5.23. The first-order valence-electron chi connectivity index (χ1n) is 7.64. The number of para-hydroxylation sites is 1. The minimum Gasteiger partial charge on any atom is -0.493 e. The van der Waals surface area contributed by atoms with Gasteiger partial charge in [-0.3, -0.25) is 4.79 Å². The van der Waals surface area contributed by atoms with Crippen molar-refractivity contribution < 1.29 is 26.0 Å². The van der Waals surface area contributed by atoms with Crippen molar-refractivity contribution in [1.82, 2.24) is 5.32 Å². The van der Waals surface area contributed by atoms with Gasteiger partial charge in [-0.25, -0.2) is 0 Å². The lowest BCUT2D eigenvalue weighted by molar-refractivity contribution is 0.0924.